The average molecular weight is 446 g/mol. The van der Waals surface area contributed by atoms with E-state index in [2.05, 4.69) is 46.9 Å². The van der Waals surface area contributed by atoms with Crippen LogP contribution in [0, 0.1) is 5.41 Å². The Bertz CT molecular complexity index is 634. The summed E-state index contributed by atoms with van der Waals surface area (Å²) in [5.41, 5.74) is 0.124. The number of rotatable bonds is 7. The number of sulfonamides is 1. The quantitative estimate of drug-likeness (QED) is 0.381. The van der Waals surface area contributed by atoms with Gasteiger partial charge in [0.05, 0.1) is 4.90 Å². The minimum Gasteiger partial charge on any atom is -0.432 e. The van der Waals surface area contributed by atoms with Crippen molar-refractivity contribution in [2.24, 2.45) is 5.41 Å². The van der Waals surface area contributed by atoms with Crippen LogP contribution in [0.1, 0.15) is 20.8 Å². The highest BCUT2D eigenvalue weighted by molar-refractivity contribution is 9.10. The molecule has 0 aliphatic heterocycles. The largest absolute Gasteiger partial charge is 0.528 e. The van der Waals surface area contributed by atoms with Crippen LogP contribution in [0.4, 0.5) is 4.79 Å². The van der Waals surface area contributed by atoms with Gasteiger partial charge in [-0.05, 0) is 38.4 Å². The number of carbonyl (C=O) groups is 1. The van der Waals surface area contributed by atoms with Crippen LogP contribution < -0.4 is 10.2 Å². The molecule has 0 spiro atoms. The summed E-state index contributed by atoms with van der Waals surface area (Å²) in [6, 6.07) is 6.16. The van der Waals surface area contributed by atoms with Crippen LogP contribution in [0.5, 0.6) is 0 Å². The van der Waals surface area contributed by atoms with Crippen molar-refractivity contribution in [3.63, 3.8) is 0 Å². The fraction of sp³-hybridized carbons (Fsp3) is 0.500. The van der Waals surface area contributed by atoms with Gasteiger partial charge in [0.1, 0.15) is 6.61 Å². The smallest absolute Gasteiger partial charge is 0.432 e. The van der Waals surface area contributed by atoms with Crippen LogP contribution in [-0.2, 0) is 19.6 Å². The first-order valence-corrected chi connectivity index (χ1v) is 9.20. The van der Waals surface area contributed by atoms with Crippen molar-refractivity contribution >= 4 is 44.5 Å². The molecule has 1 aromatic carbocycles. The number of halogens is 2. The van der Waals surface area contributed by atoms with Gasteiger partial charge in [-0.1, -0.05) is 32.9 Å². The molecular formula is C14H22BrClN2O5S. The first-order valence-electron chi connectivity index (χ1n) is 6.92. The van der Waals surface area contributed by atoms with Crippen molar-refractivity contribution < 1.29 is 22.8 Å². The van der Waals surface area contributed by atoms with Crippen molar-refractivity contribution in [3.8, 4) is 0 Å². The standard InChI is InChI=1S/C14H21BrN2O5S.ClH/c1-14(2,3)10-16-8-9-21-13(18)22-17-23(19,20)12-7-5-4-6-11(12)15;/h4-7,16-17H,8-10H2,1-3H3;1H. The lowest BCUT2D eigenvalue weighted by Gasteiger charge is -2.18. The highest BCUT2D eigenvalue weighted by Crippen LogP contribution is 2.20. The predicted octanol–water partition coefficient (Wildman–Crippen LogP) is 2.85. The number of hydrogen-bond acceptors (Lipinski definition) is 6. The predicted molar refractivity (Wildman–Crippen MR) is 96.5 cm³/mol. The highest BCUT2D eigenvalue weighted by atomic mass is 79.9. The van der Waals surface area contributed by atoms with Crippen LogP contribution in [0.25, 0.3) is 0 Å². The molecule has 0 amide bonds. The molecule has 1 rings (SSSR count). The molecule has 0 saturated heterocycles. The molecule has 0 bridgehead atoms. The van der Waals surface area contributed by atoms with Crippen molar-refractivity contribution in [3.05, 3.63) is 28.7 Å². The minimum absolute atomic E-state index is 0. The molecule has 1 aromatic rings. The van der Waals surface area contributed by atoms with Gasteiger partial charge in [0.25, 0.3) is 10.0 Å². The van der Waals surface area contributed by atoms with Crippen molar-refractivity contribution in [2.75, 3.05) is 19.7 Å². The van der Waals surface area contributed by atoms with E-state index in [0.717, 1.165) is 6.54 Å². The van der Waals surface area contributed by atoms with E-state index < -0.39 is 16.2 Å². The number of benzene rings is 1. The lowest BCUT2D eigenvalue weighted by atomic mass is 9.97. The maximum Gasteiger partial charge on any atom is 0.528 e. The summed E-state index contributed by atoms with van der Waals surface area (Å²) in [7, 11) is -3.98. The second-order valence-corrected chi connectivity index (χ2v) is 8.42. The number of hydrogen-bond donors (Lipinski definition) is 2. The zero-order valence-electron chi connectivity index (χ0n) is 13.7. The second kappa shape index (κ2) is 10.2. The number of carbonyl (C=O) groups excluding carboxylic acids is 1. The lowest BCUT2D eigenvalue weighted by molar-refractivity contribution is 0.0397. The van der Waals surface area contributed by atoms with E-state index in [1.807, 2.05) is 0 Å². The Kier molecular flexibility index (Phi) is 9.83. The van der Waals surface area contributed by atoms with E-state index in [0.29, 0.717) is 11.0 Å². The summed E-state index contributed by atoms with van der Waals surface area (Å²) in [6.07, 6.45) is -1.11. The summed E-state index contributed by atoms with van der Waals surface area (Å²) in [5.74, 6) is 0. The summed E-state index contributed by atoms with van der Waals surface area (Å²) in [4.78, 5) is 17.5. The Hall–Kier alpha value is -0.870. The first kappa shape index (κ1) is 23.1. The zero-order chi connectivity index (χ0) is 17.5. The van der Waals surface area contributed by atoms with E-state index in [-0.39, 0.29) is 29.3 Å². The summed E-state index contributed by atoms with van der Waals surface area (Å²) < 4.78 is 29.0. The average Bonchev–Trinajstić information content (AvgIpc) is 2.44. The molecule has 0 aromatic heterocycles. The molecule has 10 heteroatoms. The zero-order valence-corrected chi connectivity index (χ0v) is 16.9. The van der Waals surface area contributed by atoms with E-state index >= 15 is 0 Å². The van der Waals surface area contributed by atoms with Crippen LogP contribution >= 0.6 is 28.3 Å². The van der Waals surface area contributed by atoms with Gasteiger partial charge in [-0.25, -0.2) is 13.2 Å². The Balaban J connectivity index is 0.00000529. The van der Waals surface area contributed by atoms with Gasteiger partial charge in [-0.15, -0.1) is 12.4 Å². The Morgan fingerprint density at radius 1 is 1.25 bits per heavy atom. The molecule has 0 atom stereocenters. The van der Waals surface area contributed by atoms with Crippen molar-refractivity contribution in [1.82, 2.24) is 10.2 Å². The van der Waals surface area contributed by atoms with Gasteiger partial charge in [-0.2, -0.15) is 0 Å². The van der Waals surface area contributed by atoms with E-state index in [4.69, 9.17) is 4.74 Å². The lowest BCUT2D eigenvalue weighted by Crippen LogP contribution is -2.32. The third kappa shape index (κ3) is 8.84. The van der Waals surface area contributed by atoms with Crippen LogP contribution in [0.2, 0.25) is 0 Å². The molecule has 0 radical (unpaired) electrons. The van der Waals surface area contributed by atoms with E-state index in [1.165, 1.54) is 6.07 Å². The molecule has 0 unspecified atom stereocenters. The van der Waals surface area contributed by atoms with Gasteiger partial charge in [0, 0.05) is 17.6 Å². The molecular weight excluding hydrogens is 424 g/mol. The summed E-state index contributed by atoms with van der Waals surface area (Å²) in [6.45, 7) is 7.51. The van der Waals surface area contributed by atoms with Gasteiger partial charge >= 0.3 is 6.16 Å². The molecule has 0 aliphatic rings. The maximum atomic E-state index is 12.0. The van der Waals surface area contributed by atoms with Crippen LogP contribution in [-0.4, -0.2) is 34.3 Å². The number of nitrogens with one attached hydrogen (secondary N) is 2. The molecule has 7 nitrogen and oxygen atoms in total. The highest BCUT2D eigenvalue weighted by Gasteiger charge is 2.19. The maximum absolute atomic E-state index is 12.0. The minimum atomic E-state index is -3.98. The SMILES string of the molecule is CC(C)(C)CNCCOC(=O)ONS(=O)(=O)c1ccccc1Br.Cl. The summed E-state index contributed by atoms with van der Waals surface area (Å²) in [5, 5.41) is 3.11. The molecule has 0 fully saturated rings. The van der Waals surface area contributed by atoms with Gasteiger partial charge in [0.2, 0.25) is 0 Å². The van der Waals surface area contributed by atoms with E-state index in [9.17, 15) is 13.2 Å². The van der Waals surface area contributed by atoms with Crippen LogP contribution in [0.3, 0.4) is 0 Å². The molecule has 0 aliphatic carbocycles. The topological polar surface area (TPSA) is 93.7 Å². The van der Waals surface area contributed by atoms with Crippen molar-refractivity contribution in [1.29, 1.82) is 0 Å². The Morgan fingerprint density at radius 2 is 1.88 bits per heavy atom. The van der Waals surface area contributed by atoms with Gasteiger partial charge in [-0.3, -0.25) is 0 Å². The molecule has 24 heavy (non-hydrogen) atoms. The Labute approximate surface area is 157 Å². The monoisotopic (exact) mass is 444 g/mol. The first-order chi connectivity index (χ1) is 10.6. The van der Waals surface area contributed by atoms with Crippen molar-refractivity contribution in [2.45, 2.75) is 25.7 Å². The van der Waals surface area contributed by atoms with Crippen LogP contribution in [0.15, 0.2) is 33.6 Å². The van der Waals surface area contributed by atoms with Gasteiger partial charge in [0.15, 0.2) is 0 Å². The molecule has 0 saturated carbocycles. The molecule has 0 heterocycles. The fourth-order valence-corrected chi connectivity index (χ4v) is 3.27. The number of ether oxygens (including phenoxy) is 1. The fourth-order valence-electron chi connectivity index (χ4n) is 1.50. The molecule has 2 N–H and O–H groups in total. The second-order valence-electron chi connectivity index (χ2n) is 5.96. The summed E-state index contributed by atoms with van der Waals surface area (Å²) >= 11 is 3.12. The Morgan fingerprint density at radius 3 is 2.46 bits per heavy atom. The third-order valence-corrected chi connectivity index (χ3v) is 4.71. The third-order valence-electron chi connectivity index (χ3n) is 2.51. The normalized spacial score (nSPS) is 11.5. The van der Waals surface area contributed by atoms with Gasteiger partial charge < -0.3 is 14.9 Å². The molecule has 138 valence electrons. The van der Waals surface area contributed by atoms with E-state index in [1.54, 1.807) is 23.1 Å².